The van der Waals surface area contributed by atoms with Gasteiger partial charge < -0.3 is 5.73 Å². The minimum absolute atomic E-state index is 0.205. The Kier molecular flexibility index (Phi) is 4.54. The first-order valence-electron chi connectivity index (χ1n) is 6.67. The monoisotopic (exact) mass is 250 g/mol. The minimum Gasteiger partial charge on any atom is -0.387 e. The molecule has 0 aromatic carbocycles. The van der Waals surface area contributed by atoms with Crippen LogP contribution in [0.4, 0.5) is 0 Å². The molecule has 102 valence electrons. The Balaban J connectivity index is 2.63. The van der Waals surface area contributed by atoms with Crippen LogP contribution in [0.2, 0.25) is 0 Å². The summed E-state index contributed by atoms with van der Waals surface area (Å²) in [7, 11) is 0. The van der Waals surface area contributed by atoms with Gasteiger partial charge in [-0.2, -0.15) is 5.10 Å². The highest BCUT2D eigenvalue weighted by molar-refractivity contribution is 5.82. The molecule has 4 nitrogen and oxygen atoms in total. The molecule has 4 heteroatoms. The van der Waals surface area contributed by atoms with E-state index in [0.29, 0.717) is 0 Å². The number of nitrogens with one attached hydrogen (secondary N) is 1. The lowest BCUT2D eigenvalue weighted by Crippen LogP contribution is -2.31. The Morgan fingerprint density at radius 2 is 2.00 bits per heavy atom. The number of nitrogens with zero attached hydrogens (tertiary/aromatic N) is 2. The lowest BCUT2D eigenvalue weighted by Gasteiger charge is -2.22. The van der Waals surface area contributed by atoms with Crippen LogP contribution in [0.1, 0.15) is 50.6 Å². The Labute approximate surface area is 110 Å². The van der Waals surface area contributed by atoms with E-state index in [1.54, 1.807) is 0 Å². The second-order valence-corrected chi connectivity index (χ2v) is 5.63. The highest BCUT2D eigenvalue weighted by Crippen LogP contribution is 2.22. The van der Waals surface area contributed by atoms with E-state index in [2.05, 4.69) is 30.6 Å². The Morgan fingerprint density at radius 3 is 2.44 bits per heavy atom. The zero-order valence-corrected chi connectivity index (χ0v) is 12.3. The van der Waals surface area contributed by atoms with E-state index >= 15 is 0 Å². The molecule has 0 bridgehead atoms. The van der Waals surface area contributed by atoms with Crippen molar-refractivity contribution in [3.63, 3.8) is 0 Å². The van der Waals surface area contributed by atoms with Gasteiger partial charge >= 0.3 is 0 Å². The van der Waals surface area contributed by atoms with Crippen molar-refractivity contribution in [3.8, 4) is 0 Å². The van der Waals surface area contributed by atoms with Gasteiger partial charge in [-0.15, -0.1) is 0 Å². The molecular formula is C14H26N4. The molecule has 1 heterocycles. The van der Waals surface area contributed by atoms with Crippen molar-refractivity contribution in [2.45, 2.75) is 60.4 Å². The predicted molar refractivity (Wildman–Crippen MR) is 76.0 cm³/mol. The summed E-state index contributed by atoms with van der Waals surface area (Å²) < 4.78 is 2.09. The van der Waals surface area contributed by atoms with Crippen molar-refractivity contribution in [1.29, 1.82) is 5.41 Å². The Morgan fingerprint density at radius 1 is 1.39 bits per heavy atom. The third kappa shape index (κ3) is 3.12. The lowest BCUT2D eigenvalue weighted by molar-refractivity contribution is 0.416. The highest BCUT2D eigenvalue weighted by Gasteiger charge is 2.21. The Hall–Kier alpha value is -1.32. The van der Waals surface area contributed by atoms with E-state index in [1.165, 1.54) is 11.3 Å². The third-order valence-electron chi connectivity index (χ3n) is 3.79. The number of amidine groups is 1. The Bertz CT molecular complexity index is 429. The van der Waals surface area contributed by atoms with Gasteiger partial charge in [-0.1, -0.05) is 20.8 Å². The summed E-state index contributed by atoms with van der Waals surface area (Å²) in [5.41, 5.74) is 9.16. The van der Waals surface area contributed by atoms with Crippen LogP contribution in [0, 0.1) is 24.7 Å². The van der Waals surface area contributed by atoms with Crippen LogP contribution in [-0.4, -0.2) is 15.6 Å². The van der Waals surface area contributed by atoms with Crippen LogP contribution in [0.3, 0.4) is 0 Å². The lowest BCUT2D eigenvalue weighted by atomic mass is 9.87. The molecule has 0 aliphatic rings. The maximum atomic E-state index is 7.55. The quantitative estimate of drug-likeness (QED) is 0.602. The van der Waals surface area contributed by atoms with Crippen LogP contribution in [-0.2, 0) is 13.0 Å². The molecule has 3 N–H and O–H groups in total. The first kappa shape index (κ1) is 14.7. The van der Waals surface area contributed by atoms with Gasteiger partial charge in [-0.05, 0) is 38.7 Å². The van der Waals surface area contributed by atoms with Gasteiger partial charge in [0, 0.05) is 17.7 Å². The molecule has 0 spiro atoms. The minimum atomic E-state index is -0.205. The summed E-state index contributed by atoms with van der Waals surface area (Å²) >= 11 is 0. The number of rotatable bonds is 6. The largest absolute Gasteiger partial charge is 0.387 e. The molecule has 18 heavy (non-hydrogen) atoms. The molecule has 0 saturated carbocycles. The van der Waals surface area contributed by atoms with Gasteiger partial charge in [-0.3, -0.25) is 10.1 Å². The number of nitrogens with two attached hydrogens (primary N) is 1. The SMILES string of the molecule is CCc1c(C)nn(CCCC(C)(C)C(=N)N)c1C. The van der Waals surface area contributed by atoms with Crippen molar-refractivity contribution >= 4 is 5.84 Å². The van der Waals surface area contributed by atoms with E-state index in [-0.39, 0.29) is 11.3 Å². The summed E-state index contributed by atoms with van der Waals surface area (Å²) in [6, 6.07) is 0. The summed E-state index contributed by atoms with van der Waals surface area (Å²) in [4.78, 5) is 0. The van der Waals surface area contributed by atoms with Crippen molar-refractivity contribution < 1.29 is 0 Å². The van der Waals surface area contributed by atoms with Crippen molar-refractivity contribution in [2.75, 3.05) is 0 Å². The fourth-order valence-corrected chi connectivity index (χ4v) is 2.27. The van der Waals surface area contributed by atoms with E-state index in [9.17, 15) is 0 Å². The number of hydrogen-bond acceptors (Lipinski definition) is 2. The maximum Gasteiger partial charge on any atom is 0.0963 e. The van der Waals surface area contributed by atoms with Crippen molar-refractivity contribution in [2.24, 2.45) is 11.1 Å². The first-order valence-corrected chi connectivity index (χ1v) is 6.67. The fourth-order valence-electron chi connectivity index (χ4n) is 2.27. The summed E-state index contributed by atoms with van der Waals surface area (Å²) in [6.07, 6.45) is 2.95. The number of aromatic nitrogens is 2. The van der Waals surface area contributed by atoms with Gasteiger partial charge in [0.1, 0.15) is 0 Å². The van der Waals surface area contributed by atoms with Crippen LogP contribution in [0.25, 0.3) is 0 Å². The van der Waals surface area contributed by atoms with Gasteiger partial charge in [0.25, 0.3) is 0 Å². The highest BCUT2D eigenvalue weighted by atomic mass is 15.3. The van der Waals surface area contributed by atoms with E-state index in [4.69, 9.17) is 11.1 Å². The van der Waals surface area contributed by atoms with Crippen molar-refractivity contribution in [1.82, 2.24) is 9.78 Å². The molecule has 0 atom stereocenters. The smallest absolute Gasteiger partial charge is 0.0963 e. The summed E-state index contributed by atoms with van der Waals surface area (Å²) in [5, 5.41) is 12.1. The zero-order chi connectivity index (χ0) is 13.9. The molecule has 1 rings (SSSR count). The van der Waals surface area contributed by atoms with Gasteiger partial charge in [-0.25, -0.2) is 0 Å². The van der Waals surface area contributed by atoms with Gasteiger partial charge in [0.15, 0.2) is 0 Å². The molecule has 1 aromatic heterocycles. The molecule has 0 amide bonds. The topological polar surface area (TPSA) is 67.7 Å². The van der Waals surface area contributed by atoms with Crippen LogP contribution < -0.4 is 5.73 Å². The second-order valence-electron chi connectivity index (χ2n) is 5.63. The molecule has 0 unspecified atom stereocenters. The average Bonchev–Trinajstić information content (AvgIpc) is 2.53. The second kappa shape index (κ2) is 5.55. The van der Waals surface area contributed by atoms with E-state index in [1.807, 2.05) is 13.8 Å². The zero-order valence-electron chi connectivity index (χ0n) is 12.3. The van der Waals surface area contributed by atoms with Gasteiger partial charge in [0.2, 0.25) is 0 Å². The van der Waals surface area contributed by atoms with E-state index in [0.717, 1.165) is 31.5 Å². The average molecular weight is 250 g/mol. The molecule has 0 aliphatic heterocycles. The molecule has 0 radical (unpaired) electrons. The number of hydrogen-bond donors (Lipinski definition) is 2. The normalized spacial score (nSPS) is 11.8. The van der Waals surface area contributed by atoms with E-state index < -0.39 is 0 Å². The summed E-state index contributed by atoms with van der Waals surface area (Å²) in [6.45, 7) is 11.3. The van der Waals surface area contributed by atoms with Crippen molar-refractivity contribution in [3.05, 3.63) is 17.0 Å². The van der Waals surface area contributed by atoms with Gasteiger partial charge in [0.05, 0.1) is 11.5 Å². The summed E-state index contributed by atoms with van der Waals surface area (Å²) in [5.74, 6) is 0.269. The van der Waals surface area contributed by atoms with Crippen LogP contribution >= 0.6 is 0 Å². The molecule has 1 aromatic rings. The number of aryl methyl sites for hydroxylation is 2. The molecule has 0 saturated heterocycles. The molecule has 0 aliphatic carbocycles. The van der Waals surface area contributed by atoms with Crippen LogP contribution in [0.5, 0.6) is 0 Å². The maximum absolute atomic E-state index is 7.55. The first-order chi connectivity index (χ1) is 8.29. The predicted octanol–water partition coefficient (Wildman–Crippen LogP) is 2.80. The standard InChI is InChI=1S/C14H26N4/c1-6-12-10(2)17-18(11(12)3)9-7-8-14(4,5)13(15)16/h6-9H2,1-5H3,(H3,15,16). The molecular weight excluding hydrogens is 224 g/mol. The molecule has 0 fully saturated rings. The third-order valence-corrected chi connectivity index (χ3v) is 3.79. The van der Waals surface area contributed by atoms with Crippen LogP contribution in [0.15, 0.2) is 0 Å². The fraction of sp³-hybridized carbons (Fsp3) is 0.714.